The van der Waals surface area contributed by atoms with Gasteiger partial charge in [0.25, 0.3) is 0 Å². The first kappa shape index (κ1) is 12.1. The first-order valence-electron chi connectivity index (χ1n) is 5.64. The second-order valence-electron chi connectivity index (χ2n) is 4.19. The SMILES string of the molecule is C#CCNC(=O)CN(C)C1CCCCC1. The Hall–Kier alpha value is -1.01. The van der Waals surface area contributed by atoms with Gasteiger partial charge >= 0.3 is 0 Å². The van der Waals surface area contributed by atoms with Gasteiger partial charge in [0.15, 0.2) is 0 Å². The zero-order valence-corrected chi connectivity index (χ0v) is 9.46. The summed E-state index contributed by atoms with van der Waals surface area (Å²) in [6.45, 7) is 0.795. The molecule has 3 heteroatoms. The summed E-state index contributed by atoms with van der Waals surface area (Å²) in [5.74, 6) is 2.43. The highest BCUT2D eigenvalue weighted by Gasteiger charge is 2.19. The molecule has 1 amide bonds. The molecule has 0 bridgehead atoms. The quantitative estimate of drug-likeness (QED) is 0.699. The first-order chi connectivity index (χ1) is 7.24. The van der Waals surface area contributed by atoms with E-state index >= 15 is 0 Å². The molecule has 0 unspecified atom stereocenters. The molecule has 15 heavy (non-hydrogen) atoms. The van der Waals surface area contributed by atoms with Crippen LogP contribution in [0.5, 0.6) is 0 Å². The van der Waals surface area contributed by atoms with Crippen LogP contribution >= 0.6 is 0 Å². The maximum Gasteiger partial charge on any atom is 0.234 e. The normalized spacial score (nSPS) is 17.4. The lowest BCUT2D eigenvalue weighted by molar-refractivity contribution is -0.122. The van der Waals surface area contributed by atoms with Crippen LogP contribution in [0.3, 0.4) is 0 Å². The van der Waals surface area contributed by atoms with Gasteiger partial charge in [-0.25, -0.2) is 0 Å². The van der Waals surface area contributed by atoms with E-state index in [4.69, 9.17) is 6.42 Å². The molecule has 0 aromatic carbocycles. The molecule has 0 atom stereocenters. The molecule has 1 aliphatic carbocycles. The molecule has 0 aromatic rings. The molecule has 0 aromatic heterocycles. The molecule has 0 saturated heterocycles. The Morgan fingerprint density at radius 2 is 2.13 bits per heavy atom. The minimum atomic E-state index is 0.0287. The summed E-state index contributed by atoms with van der Waals surface area (Å²) in [7, 11) is 2.02. The number of carbonyl (C=O) groups is 1. The predicted molar refractivity (Wildman–Crippen MR) is 61.3 cm³/mol. The van der Waals surface area contributed by atoms with Gasteiger partial charge in [-0.05, 0) is 19.9 Å². The lowest BCUT2D eigenvalue weighted by Gasteiger charge is -2.30. The van der Waals surface area contributed by atoms with Crippen molar-refractivity contribution in [3.63, 3.8) is 0 Å². The zero-order valence-electron chi connectivity index (χ0n) is 9.46. The summed E-state index contributed by atoms with van der Waals surface area (Å²) in [6, 6.07) is 0.579. The van der Waals surface area contributed by atoms with E-state index in [9.17, 15) is 4.79 Å². The lowest BCUT2D eigenvalue weighted by Crippen LogP contribution is -2.41. The number of hydrogen-bond acceptors (Lipinski definition) is 2. The smallest absolute Gasteiger partial charge is 0.234 e. The van der Waals surface area contributed by atoms with Gasteiger partial charge in [0.2, 0.25) is 5.91 Å². The monoisotopic (exact) mass is 208 g/mol. The maximum absolute atomic E-state index is 11.4. The Balaban J connectivity index is 2.24. The van der Waals surface area contributed by atoms with Crippen molar-refractivity contribution in [3.8, 4) is 12.3 Å². The van der Waals surface area contributed by atoms with Crippen LogP contribution in [-0.4, -0.2) is 37.0 Å². The van der Waals surface area contributed by atoms with Gasteiger partial charge in [-0.15, -0.1) is 6.42 Å². The minimum Gasteiger partial charge on any atom is -0.344 e. The third kappa shape index (κ3) is 4.35. The number of amides is 1. The standard InChI is InChI=1S/C12H20N2O/c1-3-9-13-12(15)10-14(2)11-7-5-4-6-8-11/h1,11H,4-10H2,2H3,(H,13,15). The van der Waals surface area contributed by atoms with E-state index in [0.717, 1.165) is 0 Å². The third-order valence-corrected chi connectivity index (χ3v) is 2.98. The molecule has 1 saturated carbocycles. The van der Waals surface area contributed by atoms with E-state index < -0.39 is 0 Å². The second-order valence-corrected chi connectivity index (χ2v) is 4.19. The zero-order chi connectivity index (χ0) is 11.1. The minimum absolute atomic E-state index is 0.0287. The van der Waals surface area contributed by atoms with Crippen molar-refractivity contribution in [1.29, 1.82) is 0 Å². The Labute approximate surface area is 92.2 Å². The summed E-state index contributed by atoms with van der Waals surface area (Å²) < 4.78 is 0. The van der Waals surface area contributed by atoms with Crippen LogP contribution in [0.4, 0.5) is 0 Å². The number of terminal acetylenes is 1. The van der Waals surface area contributed by atoms with Crippen molar-refractivity contribution in [2.24, 2.45) is 0 Å². The molecule has 84 valence electrons. The average molecular weight is 208 g/mol. The predicted octanol–water partition coefficient (Wildman–Crippen LogP) is 1.00. The Morgan fingerprint density at radius 1 is 1.47 bits per heavy atom. The van der Waals surface area contributed by atoms with Crippen molar-refractivity contribution in [1.82, 2.24) is 10.2 Å². The van der Waals surface area contributed by atoms with Crippen LogP contribution in [0.1, 0.15) is 32.1 Å². The van der Waals surface area contributed by atoms with Crippen LogP contribution in [0.25, 0.3) is 0 Å². The van der Waals surface area contributed by atoms with Crippen molar-refractivity contribution in [2.45, 2.75) is 38.1 Å². The Kier molecular flexibility index (Phi) is 5.20. The van der Waals surface area contributed by atoms with Gasteiger partial charge in [-0.2, -0.15) is 0 Å². The van der Waals surface area contributed by atoms with E-state index in [0.29, 0.717) is 19.1 Å². The second kappa shape index (κ2) is 6.47. The molecule has 1 fully saturated rings. The fourth-order valence-electron chi connectivity index (χ4n) is 2.08. The van der Waals surface area contributed by atoms with Crippen molar-refractivity contribution in [2.75, 3.05) is 20.1 Å². The van der Waals surface area contributed by atoms with Gasteiger partial charge in [-0.3, -0.25) is 9.69 Å². The number of rotatable bonds is 4. The van der Waals surface area contributed by atoms with Crippen LogP contribution < -0.4 is 5.32 Å². The van der Waals surface area contributed by atoms with Crippen molar-refractivity contribution < 1.29 is 4.79 Å². The fourth-order valence-corrected chi connectivity index (χ4v) is 2.08. The van der Waals surface area contributed by atoms with Crippen molar-refractivity contribution >= 4 is 5.91 Å². The van der Waals surface area contributed by atoms with Gasteiger partial charge in [-0.1, -0.05) is 25.2 Å². The maximum atomic E-state index is 11.4. The molecule has 3 nitrogen and oxygen atoms in total. The summed E-state index contributed by atoms with van der Waals surface area (Å²) in [4.78, 5) is 13.6. The summed E-state index contributed by atoms with van der Waals surface area (Å²) in [5.41, 5.74) is 0. The highest BCUT2D eigenvalue weighted by molar-refractivity contribution is 5.78. The van der Waals surface area contributed by atoms with Gasteiger partial charge in [0.05, 0.1) is 13.1 Å². The average Bonchev–Trinajstić information content (AvgIpc) is 2.27. The molecule has 0 heterocycles. The van der Waals surface area contributed by atoms with Crippen LogP contribution in [0.2, 0.25) is 0 Å². The van der Waals surface area contributed by atoms with E-state index in [1.54, 1.807) is 0 Å². The third-order valence-electron chi connectivity index (χ3n) is 2.98. The van der Waals surface area contributed by atoms with Crippen molar-refractivity contribution in [3.05, 3.63) is 0 Å². The summed E-state index contributed by atoms with van der Waals surface area (Å²) >= 11 is 0. The number of nitrogens with zero attached hydrogens (tertiary/aromatic N) is 1. The van der Waals surface area contributed by atoms with Gasteiger partial charge in [0.1, 0.15) is 0 Å². The number of carbonyl (C=O) groups excluding carboxylic acids is 1. The molecule has 0 radical (unpaired) electrons. The van der Waals surface area contributed by atoms with E-state index in [2.05, 4.69) is 16.1 Å². The number of likely N-dealkylation sites (N-methyl/N-ethyl adjacent to an activating group) is 1. The molecule has 1 aliphatic rings. The number of hydrogen-bond donors (Lipinski definition) is 1. The number of nitrogens with one attached hydrogen (secondary N) is 1. The molecule has 1 rings (SSSR count). The van der Waals surface area contributed by atoms with E-state index in [-0.39, 0.29) is 5.91 Å². The lowest BCUT2D eigenvalue weighted by atomic mass is 9.94. The largest absolute Gasteiger partial charge is 0.344 e. The Bertz CT molecular complexity index is 238. The summed E-state index contributed by atoms with van der Waals surface area (Å²) in [5, 5.41) is 2.69. The van der Waals surface area contributed by atoms with Crippen LogP contribution in [-0.2, 0) is 4.79 Å². The molecular formula is C12H20N2O. The highest BCUT2D eigenvalue weighted by atomic mass is 16.2. The Morgan fingerprint density at radius 3 is 2.73 bits per heavy atom. The van der Waals surface area contributed by atoms with Crippen LogP contribution in [0, 0.1) is 12.3 Å². The molecule has 1 N–H and O–H groups in total. The van der Waals surface area contributed by atoms with E-state index in [1.807, 2.05) is 7.05 Å². The highest BCUT2D eigenvalue weighted by Crippen LogP contribution is 2.21. The summed E-state index contributed by atoms with van der Waals surface area (Å²) in [6.07, 6.45) is 11.4. The van der Waals surface area contributed by atoms with Crippen LogP contribution in [0.15, 0.2) is 0 Å². The fraction of sp³-hybridized carbons (Fsp3) is 0.750. The van der Waals surface area contributed by atoms with E-state index in [1.165, 1.54) is 32.1 Å². The first-order valence-corrected chi connectivity index (χ1v) is 5.64. The molecule has 0 aliphatic heterocycles. The molecular weight excluding hydrogens is 188 g/mol. The topological polar surface area (TPSA) is 32.3 Å². The van der Waals surface area contributed by atoms with Gasteiger partial charge < -0.3 is 5.32 Å². The molecule has 0 spiro atoms. The van der Waals surface area contributed by atoms with Gasteiger partial charge in [0, 0.05) is 6.04 Å².